The molecule has 2 rings (SSSR count). The SMILES string of the molecule is CC(C)CC1CSC(=NCCc2ncn(C)n2)N1. The highest BCUT2D eigenvalue weighted by Gasteiger charge is 2.20. The van der Waals surface area contributed by atoms with Gasteiger partial charge in [-0.25, -0.2) is 4.98 Å². The number of thioether (sulfide) groups is 1. The monoisotopic (exact) mass is 267 g/mol. The maximum atomic E-state index is 4.56. The van der Waals surface area contributed by atoms with Crippen molar-refractivity contribution < 1.29 is 0 Å². The van der Waals surface area contributed by atoms with Crippen molar-refractivity contribution >= 4 is 16.9 Å². The van der Waals surface area contributed by atoms with Crippen LogP contribution in [0.3, 0.4) is 0 Å². The highest BCUT2D eigenvalue weighted by molar-refractivity contribution is 8.14. The van der Waals surface area contributed by atoms with E-state index < -0.39 is 0 Å². The smallest absolute Gasteiger partial charge is 0.156 e. The van der Waals surface area contributed by atoms with E-state index in [4.69, 9.17) is 0 Å². The fourth-order valence-electron chi connectivity index (χ4n) is 1.98. The van der Waals surface area contributed by atoms with E-state index in [1.165, 1.54) is 6.42 Å². The molecule has 1 atom stereocenters. The molecule has 5 nitrogen and oxygen atoms in total. The summed E-state index contributed by atoms with van der Waals surface area (Å²) in [6, 6.07) is 0.585. The van der Waals surface area contributed by atoms with Gasteiger partial charge in [0.05, 0.1) is 0 Å². The third kappa shape index (κ3) is 4.01. The van der Waals surface area contributed by atoms with Gasteiger partial charge in [0, 0.05) is 31.8 Å². The average molecular weight is 267 g/mol. The number of nitrogens with zero attached hydrogens (tertiary/aromatic N) is 4. The lowest BCUT2D eigenvalue weighted by Crippen LogP contribution is -2.28. The van der Waals surface area contributed by atoms with Crippen LogP contribution in [0.4, 0.5) is 0 Å². The van der Waals surface area contributed by atoms with Gasteiger partial charge < -0.3 is 5.32 Å². The summed E-state index contributed by atoms with van der Waals surface area (Å²) in [4.78, 5) is 8.75. The summed E-state index contributed by atoms with van der Waals surface area (Å²) >= 11 is 1.83. The summed E-state index contributed by atoms with van der Waals surface area (Å²) in [5, 5.41) is 8.80. The molecule has 1 aliphatic rings. The summed E-state index contributed by atoms with van der Waals surface area (Å²) in [5.41, 5.74) is 0. The third-order valence-electron chi connectivity index (χ3n) is 2.74. The van der Waals surface area contributed by atoms with Gasteiger partial charge in [-0.3, -0.25) is 9.67 Å². The second kappa shape index (κ2) is 6.22. The van der Waals surface area contributed by atoms with Gasteiger partial charge in [0.1, 0.15) is 6.33 Å². The van der Waals surface area contributed by atoms with Gasteiger partial charge >= 0.3 is 0 Å². The van der Waals surface area contributed by atoms with Gasteiger partial charge in [-0.1, -0.05) is 25.6 Å². The second-order valence-corrected chi connectivity index (χ2v) is 6.06. The van der Waals surface area contributed by atoms with Gasteiger partial charge in [0.25, 0.3) is 0 Å². The highest BCUT2D eigenvalue weighted by Crippen LogP contribution is 2.18. The molecule has 2 heterocycles. The Kier molecular flexibility index (Phi) is 4.63. The molecule has 1 aromatic rings. The number of aliphatic imine (C=N–C) groups is 1. The Balaban J connectivity index is 1.74. The van der Waals surface area contributed by atoms with Crippen molar-refractivity contribution in [2.45, 2.75) is 32.7 Å². The first-order valence-corrected chi connectivity index (χ1v) is 7.40. The normalized spacial score (nSPS) is 21.8. The molecule has 0 spiro atoms. The molecule has 100 valence electrons. The van der Waals surface area contributed by atoms with E-state index in [1.807, 2.05) is 18.8 Å². The van der Waals surface area contributed by atoms with Crippen LogP contribution in [0.1, 0.15) is 26.1 Å². The molecule has 6 heteroatoms. The number of aryl methyl sites for hydroxylation is 1. The molecule has 0 radical (unpaired) electrons. The largest absolute Gasteiger partial charge is 0.361 e. The van der Waals surface area contributed by atoms with Crippen molar-refractivity contribution in [2.24, 2.45) is 18.0 Å². The van der Waals surface area contributed by atoms with Crippen LogP contribution in [-0.2, 0) is 13.5 Å². The number of amidine groups is 1. The minimum absolute atomic E-state index is 0.585. The van der Waals surface area contributed by atoms with E-state index in [1.54, 1.807) is 11.0 Å². The molecular weight excluding hydrogens is 246 g/mol. The number of hydrogen-bond donors (Lipinski definition) is 1. The molecule has 1 unspecified atom stereocenters. The van der Waals surface area contributed by atoms with Crippen LogP contribution >= 0.6 is 11.8 Å². The predicted octanol–water partition coefficient (Wildman–Crippen LogP) is 1.46. The Bertz CT molecular complexity index is 412. The standard InChI is InChI=1S/C12H21N5S/c1-9(2)6-10-7-18-12(15-10)13-5-4-11-14-8-17(3)16-11/h8-10H,4-7H2,1-3H3,(H,13,15). The lowest BCUT2D eigenvalue weighted by Gasteiger charge is -2.11. The van der Waals surface area contributed by atoms with Gasteiger partial charge in [0.2, 0.25) is 0 Å². The third-order valence-corrected chi connectivity index (χ3v) is 3.83. The lowest BCUT2D eigenvalue weighted by molar-refractivity contribution is 0.502. The summed E-state index contributed by atoms with van der Waals surface area (Å²) in [5.74, 6) is 2.74. The van der Waals surface area contributed by atoms with E-state index in [0.29, 0.717) is 6.04 Å². The maximum Gasteiger partial charge on any atom is 0.156 e. The maximum absolute atomic E-state index is 4.56. The molecule has 1 fully saturated rings. The number of nitrogens with one attached hydrogen (secondary N) is 1. The summed E-state index contributed by atoms with van der Waals surface area (Å²) in [6.07, 6.45) is 3.75. The molecule has 1 N–H and O–H groups in total. The minimum atomic E-state index is 0.585. The zero-order valence-electron chi connectivity index (χ0n) is 11.3. The zero-order valence-corrected chi connectivity index (χ0v) is 12.1. The Morgan fingerprint density at radius 3 is 3.11 bits per heavy atom. The van der Waals surface area contributed by atoms with Gasteiger partial charge in [-0.15, -0.1) is 0 Å². The second-order valence-electron chi connectivity index (χ2n) is 5.05. The fourth-order valence-corrected chi connectivity index (χ4v) is 2.99. The van der Waals surface area contributed by atoms with E-state index >= 15 is 0 Å². The zero-order chi connectivity index (χ0) is 13.0. The van der Waals surface area contributed by atoms with Gasteiger partial charge in [-0.2, -0.15) is 5.10 Å². The van der Waals surface area contributed by atoms with E-state index in [0.717, 1.165) is 35.6 Å². The molecular formula is C12H21N5S. The average Bonchev–Trinajstić information content (AvgIpc) is 2.88. The van der Waals surface area contributed by atoms with E-state index in [-0.39, 0.29) is 0 Å². The molecule has 0 bridgehead atoms. The van der Waals surface area contributed by atoms with E-state index in [2.05, 4.69) is 34.2 Å². The first kappa shape index (κ1) is 13.4. The highest BCUT2D eigenvalue weighted by atomic mass is 32.2. The quantitative estimate of drug-likeness (QED) is 0.877. The topological polar surface area (TPSA) is 55.1 Å². The van der Waals surface area contributed by atoms with Crippen molar-refractivity contribution in [3.8, 4) is 0 Å². The van der Waals surface area contributed by atoms with Crippen LogP contribution in [-0.4, -0.2) is 38.3 Å². The van der Waals surface area contributed by atoms with Crippen LogP contribution in [0.2, 0.25) is 0 Å². The molecule has 0 saturated carbocycles. The van der Waals surface area contributed by atoms with Crippen LogP contribution < -0.4 is 5.32 Å². The van der Waals surface area contributed by atoms with Crippen molar-refractivity contribution in [2.75, 3.05) is 12.3 Å². The van der Waals surface area contributed by atoms with Crippen LogP contribution in [0, 0.1) is 5.92 Å². The Labute approximate surface area is 112 Å². The number of rotatable bonds is 5. The molecule has 1 saturated heterocycles. The molecule has 0 amide bonds. The summed E-state index contributed by atoms with van der Waals surface area (Å²) in [6.45, 7) is 5.27. The molecule has 0 aromatic carbocycles. The number of hydrogen-bond acceptors (Lipinski definition) is 4. The van der Waals surface area contributed by atoms with Gasteiger partial charge in [-0.05, 0) is 12.3 Å². The van der Waals surface area contributed by atoms with Crippen LogP contribution in [0.15, 0.2) is 11.3 Å². The molecule has 0 aliphatic carbocycles. The predicted molar refractivity (Wildman–Crippen MR) is 75.8 cm³/mol. The molecule has 18 heavy (non-hydrogen) atoms. The van der Waals surface area contributed by atoms with Crippen molar-refractivity contribution in [3.63, 3.8) is 0 Å². The van der Waals surface area contributed by atoms with Crippen molar-refractivity contribution in [1.29, 1.82) is 0 Å². The first-order valence-electron chi connectivity index (χ1n) is 6.42. The van der Waals surface area contributed by atoms with Crippen molar-refractivity contribution in [3.05, 3.63) is 12.2 Å². The van der Waals surface area contributed by atoms with Crippen LogP contribution in [0.5, 0.6) is 0 Å². The summed E-state index contributed by atoms with van der Waals surface area (Å²) in [7, 11) is 1.88. The number of aromatic nitrogens is 3. The fraction of sp³-hybridized carbons (Fsp3) is 0.750. The Morgan fingerprint density at radius 1 is 1.61 bits per heavy atom. The molecule has 1 aliphatic heterocycles. The van der Waals surface area contributed by atoms with Crippen molar-refractivity contribution in [1.82, 2.24) is 20.1 Å². The Hall–Kier alpha value is -1.04. The lowest BCUT2D eigenvalue weighted by atomic mass is 10.1. The first-order chi connectivity index (χ1) is 8.63. The van der Waals surface area contributed by atoms with Gasteiger partial charge in [0.15, 0.2) is 11.0 Å². The Morgan fingerprint density at radius 2 is 2.44 bits per heavy atom. The summed E-state index contributed by atoms with van der Waals surface area (Å²) < 4.78 is 1.73. The molecule has 1 aromatic heterocycles. The van der Waals surface area contributed by atoms with Crippen LogP contribution in [0.25, 0.3) is 0 Å². The van der Waals surface area contributed by atoms with E-state index in [9.17, 15) is 0 Å². The minimum Gasteiger partial charge on any atom is -0.361 e.